The minimum atomic E-state index is -0.326. The van der Waals surface area contributed by atoms with Crippen LogP contribution in [0.4, 0.5) is 4.39 Å². The molecule has 0 saturated carbocycles. The molecule has 4 nitrogen and oxygen atoms in total. The van der Waals surface area contributed by atoms with Gasteiger partial charge in [0.2, 0.25) is 5.91 Å². The number of carbonyl (C=O) groups is 1. The molecule has 0 N–H and O–H groups in total. The van der Waals surface area contributed by atoms with Crippen molar-refractivity contribution in [2.45, 2.75) is 25.4 Å². The van der Waals surface area contributed by atoms with Crippen LogP contribution in [0, 0.1) is 5.82 Å². The Morgan fingerprint density at radius 1 is 1.07 bits per heavy atom. The number of piperidine rings is 1. The summed E-state index contributed by atoms with van der Waals surface area (Å²) in [6.45, 7) is 1.32. The molecule has 0 radical (unpaired) electrons. The van der Waals surface area contributed by atoms with E-state index >= 15 is 0 Å². The lowest BCUT2D eigenvalue weighted by Crippen LogP contribution is -2.42. The van der Waals surface area contributed by atoms with E-state index < -0.39 is 0 Å². The number of halogens is 1. The summed E-state index contributed by atoms with van der Waals surface area (Å²) in [6.07, 6.45) is 1.90. The number of hydrogen-bond acceptors (Lipinski definition) is 4. The smallest absolute Gasteiger partial charge is 0.274 e. The van der Waals surface area contributed by atoms with Crippen LogP contribution < -0.4 is 4.74 Å². The maximum absolute atomic E-state index is 13.8. The Morgan fingerprint density at radius 3 is 2.67 bits per heavy atom. The number of carbonyl (C=O) groups excluding carboxylic acids is 1. The Hall–Kier alpha value is -2.99. The summed E-state index contributed by atoms with van der Waals surface area (Å²) in [5, 5.41) is 2.78. The maximum Gasteiger partial charge on any atom is 0.274 e. The third-order valence-electron chi connectivity index (χ3n) is 5.63. The van der Waals surface area contributed by atoms with Gasteiger partial charge >= 0.3 is 0 Å². The molecule has 0 spiro atoms. The van der Waals surface area contributed by atoms with E-state index in [1.165, 1.54) is 17.4 Å². The minimum absolute atomic E-state index is 0.00442. The van der Waals surface area contributed by atoms with Crippen LogP contribution in [-0.4, -0.2) is 35.0 Å². The Bertz CT molecular complexity index is 1210. The van der Waals surface area contributed by atoms with Crippen molar-refractivity contribution < 1.29 is 13.9 Å². The summed E-state index contributed by atoms with van der Waals surface area (Å²) in [5.74, 6) is -0.181. The quantitative estimate of drug-likeness (QED) is 0.456. The average Bonchev–Trinajstić information content (AvgIpc) is 3.18. The van der Waals surface area contributed by atoms with Gasteiger partial charge in [-0.25, -0.2) is 4.39 Å². The highest BCUT2D eigenvalue weighted by Gasteiger charge is 2.25. The van der Waals surface area contributed by atoms with Gasteiger partial charge in [0.25, 0.3) is 5.19 Å². The summed E-state index contributed by atoms with van der Waals surface area (Å²) in [7, 11) is 0. The lowest BCUT2D eigenvalue weighted by molar-refractivity contribution is -0.132. The van der Waals surface area contributed by atoms with Crippen LogP contribution in [0.5, 0.6) is 5.19 Å². The van der Waals surface area contributed by atoms with E-state index in [1.807, 2.05) is 35.2 Å². The highest BCUT2D eigenvalue weighted by Crippen LogP contribution is 2.31. The van der Waals surface area contributed by atoms with E-state index in [1.54, 1.807) is 6.07 Å². The average molecular weight is 421 g/mol. The largest absolute Gasteiger partial charge is 0.467 e. The monoisotopic (exact) mass is 420 g/mol. The first-order valence-corrected chi connectivity index (χ1v) is 10.9. The Balaban J connectivity index is 1.21. The normalized spacial score (nSPS) is 15.0. The second-order valence-corrected chi connectivity index (χ2v) is 8.57. The number of benzene rings is 3. The van der Waals surface area contributed by atoms with E-state index in [2.05, 4.69) is 23.2 Å². The fourth-order valence-electron chi connectivity index (χ4n) is 4.03. The Morgan fingerprint density at radius 2 is 1.83 bits per heavy atom. The molecule has 1 saturated heterocycles. The number of likely N-dealkylation sites (tertiary alicyclic amines) is 1. The molecule has 0 unspecified atom stereocenters. The van der Waals surface area contributed by atoms with Crippen molar-refractivity contribution in [2.24, 2.45) is 0 Å². The van der Waals surface area contributed by atoms with Crippen LogP contribution in [0.25, 0.3) is 21.0 Å². The van der Waals surface area contributed by atoms with Crippen molar-refractivity contribution >= 4 is 38.2 Å². The van der Waals surface area contributed by atoms with Gasteiger partial charge in [-0.05, 0) is 28.5 Å². The van der Waals surface area contributed by atoms with Crippen molar-refractivity contribution in [1.82, 2.24) is 9.88 Å². The Labute approximate surface area is 177 Å². The van der Waals surface area contributed by atoms with E-state index in [9.17, 15) is 9.18 Å². The van der Waals surface area contributed by atoms with E-state index in [0.717, 1.165) is 33.9 Å². The Kier molecular flexibility index (Phi) is 5.09. The van der Waals surface area contributed by atoms with Crippen LogP contribution in [0.15, 0.2) is 60.7 Å². The lowest BCUT2D eigenvalue weighted by Gasteiger charge is -2.31. The second kappa shape index (κ2) is 8.03. The maximum atomic E-state index is 13.8. The van der Waals surface area contributed by atoms with Crippen molar-refractivity contribution in [2.75, 3.05) is 13.1 Å². The van der Waals surface area contributed by atoms with Gasteiger partial charge in [0.05, 0.1) is 11.1 Å². The van der Waals surface area contributed by atoms with E-state index in [-0.39, 0.29) is 17.8 Å². The van der Waals surface area contributed by atoms with Crippen LogP contribution >= 0.6 is 11.3 Å². The molecule has 0 bridgehead atoms. The zero-order valence-electron chi connectivity index (χ0n) is 16.4. The molecule has 1 aliphatic rings. The summed E-state index contributed by atoms with van der Waals surface area (Å²) in [6, 6.07) is 19.2. The molecule has 5 rings (SSSR count). The van der Waals surface area contributed by atoms with Gasteiger partial charge in [-0.3, -0.25) is 4.79 Å². The highest BCUT2D eigenvalue weighted by molar-refractivity contribution is 7.20. The number of hydrogen-bond donors (Lipinski definition) is 0. The first-order chi connectivity index (χ1) is 14.7. The van der Waals surface area contributed by atoms with Gasteiger partial charge in [0.1, 0.15) is 17.4 Å². The molecular weight excluding hydrogens is 399 g/mol. The number of para-hydroxylation sites is 1. The predicted molar refractivity (Wildman–Crippen MR) is 117 cm³/mol. The van der Waals surface area contributed by atoms with Crippen molar-refractivity contribution in [1.29, 1.82) is 0 Å². The summed E-state index contributed by atoms with van der Waals surface area (Å²) < 4.78 is 20.6. The van der Waals surface area contributed by atoms with E-state index in [0.29, 0.717) is 30.2 Å². The van der Waals surface area contributed by atoms with Crippen molar-refractivity contribution in [3.05, 3.63) is 72.0 Å². The third-order valence-corrected chi connectivity index (χ3v) is 6.55. The number of aromatic nitrogens is 1. The molecule has 3 aromatic carbocycles. The summed E-state index contributed by atoms with van der Waals surface area (Å²) in [5.41, 5.74) is 1.42. The molecule has 30 heavy (non-hydrogen) atoms. The fourth-order valence-corrected chi connectivity index (χ4v) is 4.93. The number of amides is 1. The molecule has 2 heterocycles. The lowest BCUT2D eigenvalue weighted by atomic mass is 10.0. The van der Waals surface area contributed by atoms with Crippen LogP contribution in [0.3, 0.4) is 0 Å². The van der Waals surface area contributed by atoms with E-state index in [4.69, 9.17) is 4.74 Å². The number of fused-ring (bicyclic) bond motifs is 2. The second-order valence-electron chi connectivity index (χ2n) is 7.58. The van der Waals surface area contributed by atoms with Crippen molar-refractivity contribution in [3.8, 4) is 5.19 Å². The highest BCUT2D eigenvalue weighted by atomic mass is 32.1. The molecule has 0 aliphatic carbocycles. The molecule has 1 aromatic heterocycles. The number of nitrogens with zero attached hydrogens (tertiary/aromatic N) is 2. The third kappa shape index (κ3) is 3.75. The number of ether oxygens (including phenoxy) is 1. The zero-order chi connectivity index (χ0) is 20.5. The molecule has 6 heteroatoms. The zero-order valence-corrected chi connectivity index (χ0v) is 17.2. The molecular formula is C24H21FN2O2S. The molecule has 1 amide bonds. The van der Waals surface area contributed by atoms with Gasteiger partial charge in [0, 0.05) is 25.9 Å². The van der Waals surface area contributed by atoms with Gasteiger partial charge in [0.15, 0.2) is 0 Å². The molecule has 1 aliphatic heterocycles. The molecule has 4 aromatic rings. The van der Waals surface area contributed by atoms with Gasteiger partial charge < -0.3 is 9.64 Å². The van der Waals surface area contributed by atoms with Crippen LogP contribution in [0.2, 0.25) is 0 Å². The van der Waals surface area contributed by atoms with Crippen LogP contribution in [0.1, 0.15) is 18.4 Å². The van der Waals surface area contributed by atoms with Crippen LogP contribution in [-0.2, 0) is 11.2 Å². The van der Waals surface area contributed by atoms with Gasteiger partial charge in [-0.1, -0.05) is 59.9 Å². The number of rotatable bonds is 4. The number of thiazole rings is 1. The van der Waals surface area contributed by atoms with Gasteiger partial charge in [-0.2, -0.15) is 4.98 Å². The molecule has 152 valence electrons. The fraction of sp³-hybridized carbons (Fsp3) is 0.250. The summed E-state index contributed by atoms with van der Waals surface area (Å²) in [4.78, 5) is 19.1. The standard InChI is InChI=1S/C24H21FN2O2S/c25-20-9-4-10-21-23(20)26-24(30-21)29-18-11-13-27(14-12-18)22(28)15-17-7-3-6-16-5-1-2-8-19(16)17/h1-10,18H,11-15H2. The summed E-state index contributed by atoms with van der Waals surface area (Å²) >= 11 is 1.36. The topological polar surface area (TPSA) is 42.4 Å². The molecule has 1 fully saturated rings. The minimum Gasteiger partial charge on any atom is -0.467 e. The van der Waals surface area contributed by atoms with Gasteiger partial charge in [-0.15, -0.1) is 0 Å². The van der Waals surface area contributed by atoms with Crippen molar-refractivity contribution in [3.63, 3.8) is 0 Å². The SMILES string of the molecule is O=C(Cc1cccc2ccccc12)N1CCC(Oc2nc3c(F)cccc3s2)CC1. The predicted octanol–water partition coefficient (Wildman–Crippen LogP) is 5.20. The first kappa shape index (κ1) is 19.0. The first-order valence-electron chi connectivity index (χ1n) is 10.1. The molecule has 0 atom stereocenters.